The van der Waals surface area contributed by atoms with Crippen molar-refractivity contribution in [3.05, 3.63) is 30.0 Å². The number of rotatable bonds is 4. The van der Waals surface area contributed by atoms with E-state index in [4.69, 9.17) is 5.73 Å². The number of aromatic nitrogens is 3. The first-order chi connectivity index (χ1) is 7.75. The Bertz CT molecular complexity index is 454. The van der Waals surface area contributed by atoms with Crippen LogP contribution in [0.1, 0.15) is 11.5 Å². The van der Waals surface area contributed by atoms with Gasteiger partial charge < -0.3 is 15.6 Å². The van der Waals surface area contributed by atoms with Gasteiger partial charge in [0, 0.05) is 13.0 Å². The highest BCUT2D eigenvalue weighted by atomic mass is 16.5. The highest BCUT2D eigenvalue weighted by Gasteiger charge is 2.00. The Hall–Kier alpha value is -2.11. The highest BCUT2D eigenvalue weighted by Crippen LogP contribution is 2.11. The quantitative estimate of drug-likeness (QED) is 0.797. The van der Waals surface area contributed by atoms with Crippen LogP contribution in [0.5, 0.6) is 0 Å². The molecule has 0 aliphatic carbocycles. The number of nitrogen functional groups attached to an aromatic ring is 1. The lowest BCUT2D eigenvalue weighted by molar-refractivity contribution is 0.410. The first-order valence-corrected chi connectivity index (χ1v) is 4.98. The van der Waals surface area contributed by atoms with Gasteiger partial charge in [-0.2, -0.15) is 4.98 Å². The van der Waals surface area contributed by atoms with Crippen molar-refractivity contribution >= 4 is 11.5 Å². The Morgan fingerprint density at radius 3 is 3.00 bits per heavy atom. The van der Waals surface area contributed by atoms with Crippen LogP contribution in [-0.2, 0) is 6.42 Å². The Morgan fingerprint density at radius 2 is 2.31 bits per heavy atom. The van der Waals surface area contributed by atoms with Gasteiger partial charge in [0.25, 0.3) is 0 Å². The summed E-state index contributed by atoms with van der Waals surface area (Å²) in [5, 5.41) is 6.88. The van der Waals surface area contributed by atoms with Crippen LogP contribution in [0, 0.1) is 6.92 Å². The van der Waals surface area contributed by atoms with Gasteiger partial charge >= 0.3 is 0 Å². The molecule has 3 N–H and O–H groups in total. The predicted molar refractivity (Wildman–Crippen MR) is 59.9 cm³/mol. The number of aryl methyl sites for hydroxylation is 1. The molecule has 6 heteroatoms. The van der Waals surface area contributed by atoms with Gasteiger partial charge in [-0.25, -0.2) is 4.98 Å². The maximum atomic E-state index is 5.67. The fourth-order valence-electron chi connectivity index (χ4n) is 1.28. The van der Waals surface area contributed by atoms with E-state index in [-0.39, 0.29) is 0 Å². The molecule has 0 spiro atoms. The Kier molecular flexibility index (Phi) is 3.00. The summed E-state index contributed by atoms with van der Waals surface area (Å²) in [6.45, 7) is 2.58. The number of hydrogen-bond acceptors (Lipinski definition) is 6. The molecule has 2 heterocycles. The predicted octanol–water partition coefficient (Wildman–Crippen LogP) is 1.01. The van der Waals surface area contributed by atoms with Gasteiger partial charge in [-0.05, 0) is 19.1 Å². The number of nitrogens with one attached hydrogen (secondary N) is 1. The van der Waals surface area contributed by atoms with Crippen molar-refractivity contribution < 1.29 is 4.52 Å². The van der Waals surface area contributed by atoms with E-state index in [2.05, 4.69) is 25.0 Å². The molecule has 84 valence electrons. The lowest BCUT2D eigenvalue weighted by atomic mass is 10.3. The minimum Gasteiger partial charge on any atom is -0.397 e. The van der Waals surface area contributed by atoms with Crippen molar-refractivity contribution in [2.75, 3.05) is 17.6 Å². The molecular weight excluding hydrogens is 206 g/mol. The average Bonchev–Trinajstić information content (AvgIpc) is 2.76. The molecule has 0 radical (unpaired) electrons. The van der Waals surface area contributed by atoms with Crippen molar-refractivity contribution in [3.63, 3.8) is 0 Å². The summed E-state index contributed by atoms with van der Waals surface area (Å²) in [4.78, 5) is 8.21. The van der Waals surface area contributed by atoms with Crippen LogP contribution in [0.25, 0.3) is 0 Å². The summed E-state index contributed by atoms with van der Waals surface area (Å²) in [5.41, 5.74) is 7.19. The third-order valence-electron chi connectivity index (χ3n) is 2.19. The lowest BCUT2D eigenvalue weighted by Gasteiger charge is -2.05. The SMILES string of the molecule is Cc1nc(NCCc2ncon2)ccc1N. The normalized spacial score (nSPS) is 10.3. The van der Waals surface area contributed by atoms with Crippen LogP contribution in [0.2, 0.25) is 0 Å². The lowest BCUT2D eigenvalue weighted by Crippen LogP contribution is -2.08. The molecule has 6 nitrogen and oxygen atoms in total. The van der Waals surface area contributed by atoms with Gasteiger partial charge in [-0.15, -0.1) is 0 Å². The highest BCUT2D eigenvalue weighted by molar-refractivity contribution is 5.48. The molecular formula is C10H13N5O. The van der Waals surface area contributed by atoms with Crippen LogP contribution in [0.3, 0.4) is 0 Å². The van der Waals surface area contributed by atoms with Crippen LogP contribution in [0.4, 0.5) is 11.5 Å². The summed E-state index contributed by atoms with van der Waals surface area (Å²) in [6, 6.07) is 3.68. The number of pyridine rings is 1. The van der Waals surface area contributed by atoms with E-state index in [0.717, 1.165) is 11.5 Å². The van der Waals surface area contributed by atoms with Crippen molar-refractivity contribution in [2.24, 2.45) is 0 Å². The number of anilines is 2. The summed E-state index contributed by atoms with van der Waals surface area (Å²) in [5.74, 6) is 1.48. The molecule has 0 saturated carbocycles. The van der Waals surface area contributed by atoms with Crippen LogP contribution >= 0.6 is 0 Å². The zero-order chi connectivity index (χ0) is 11.4. The third kappa shape index (κ3) is 2.47. The second-order valence-electron chi connectivity index (χ2n) is 3.40. The fraction of sp³-hybridized carbons (Fsp3) is 0.300. The number of nitrogens with two attached hydrogens (primary N) is 1. The van der Waals surface area contributed by atoms with Gasteiger partial charge in [0.05, 0.1) is 11.4 Å². The smallest absolute Gasteiger partial charge is 0.213 e. The minimum absolute atomic E-state index is 0.680. The van der Waals surface area contributed by atoms with E-state index >= 15 is 0 Å². The van der Waals surface area contributed by atoms with Gasteiger partial charge in [0.1, 0.15) is 5.82 Å². The largest absolute Gasteiger partial charge is 0.397 e. The van der Waals surface area contributed by atoms with Gasteiger partial charge in [0.2, 0.25) is 6.39 Å². The van der Waals surface area contributed by atoms with E-state index in [1.807, 2.05) is 19.1 Å². The fourth-order valence-corrected chi connectivity index (χ4v) is 1.28. The summed E-state index contributed by atoms with van der Waals surface area (Å²) >= 11 is 0. The topological polar surface area (TPSA) is 89.9 Å². The zero-order valence-electron chi connectivity index (χ0n) is 8.97. The summed E-state index contributed by atoms with van der Waals surface area (Å²) < 4.78 is 4.63. The third-order valence-corrected chi connectivity index (χ3v) is 2.19. The molecule has 0 atom stereocenters. The van der Waals surface area contributed by atoms with Gasteiger partial charge in [-0.1, -0.05) is 5.16 Å². The van der Waals surface area contributed by atoms with Crippen molar-refractivity contribution in [1.29, 1.82) is 0 Å². The van der Waals surface area contributed by atoms with E-state index < -0.39 is 0 Å². The Balaban J connectivity index is 1.87. The second-order valence-corrected chi connectivity index (χ2v) is 3.40. The standard InChI is InChI=1S/C10H13N5O/c1-7-8(11)2-3-9(14-7)12-5-4-10-13-6-16-15-10/h2-3,6H,4-5,11H2,1H3,(H,12,14). The molecule has 0 aliphatic rings. The van der Waals surface area contributed by atoms with Crippen molar-refractivity contribution in [2.45, 2.75) is 13.3 Å². The number of hydrogen-bond donors (Lipinski definition) is 2. The molecule has 2 rings (SSSR count). The van der Waals surface area contributed by atoms with Gasteiger partial charge in [-0.3, -0.25) is 0 Å². The summed E-state index contributed by atoms with van der Waals surface area (Å²) in [7, 11) is 0. The van der Waals surface area contributed by atoms with Crippen LogP contribution in [0.15, 0.2) is 23.0 Å². The van der Waals surface area contributed by atoms with Crippen molar-refractivity contribution in [3.8, 4) is 0 Å². The first-order valence-electron chi connectivity index (χ1n) is 4.98. The maximum absolute atomic E-state index is 5.67. The molecule has 16 heavy (non-hydrogen) atoms. The maximum Gasteiger partial charge on any atom is 0.213 e. The molecule has 0 fully saturated rings. The molecule has 0 saturated heterocycles. The molecule has 0 unspecified atom stereocenters. The number of nitrogens with zero attached hydrogens (tertiary/aromatic N) is 3. The molecule has 0 aromatic carbocycles. The molecule has 0 amide bonds. The molecule has 2 aromatic rings. The monoisotopic (exact) mass is 219 g/mol. The zero-order valence-corrected chi connectivity index (χ0v) is 8.97. The molecule has 0 bridgehead atoms. The average molecular weight is 219 g/mol. The van der Waals surface area contributed by atoms with E-state index in [0.29, 0.717) is 24.5 Å². The van der Waals surface area contributed by atoms with Crippen LogP contribution < -0.4 is 11.1 Å². The summed E-state index contributed by atoms with van der Waals surface area (Å²) in [6.07, 6.45) is 2.02. The van der Waals surface area contributed by atoms with E-state index in [1.165, 1.54) is 6.39 Å². The minimum atomic E-state index is 0.680. The second kappa shape index (κ2) is 4.61. The van der Waals surface area contributed by atoms with Crippen molar-refractivity contribution in [1.82, 2.24) is 15.1 Å². The van der Waals surface area contributed by atoms with E-state index in [9.17, 15) is 0 Å². The molecule has 2 aromatic heterocycles. The first kappa shape index (κ1) is 10.4. The van der Waals surface area contributed by atoms with E-state index in [1.54, 1.807) is 0 Å². The van der Waals surface area contributed by atoms with Crippen LogP contribution in [-0.4, -0.2) is 21.7 Å². The Morgan fingerprint density at radius 1 is 1.44 bits per heavy atom. The molecule has 0 aliphatic heterocycles. The Labute approximate surface area is 92.9 Å². The van der Waals surface area contributed by atoms with Gasteiger partial charge in [0.15, 0.2) is 5.82 Å².